The lowest BCUT2D eigenvalue weighted by atomic mass is 9.93. The third-order valence-corrected chi connectivity index (χ3v) is 5.38. The van der Waals surface area contributed by atoms with Crippen LogP contribution in [0.5, 0.6) is 0 Å². The Bertz CT molecular complexity index is 401. The molecule has 1 rings (SSSR count). The molecule has 16 heavy (non-hydrogen) atoms. The van der Waals surface area contributed by atoms with Gasteiger partial charge in [-0.3, -0.25) is 0 Å². The zero-order valence-corrected chi connectivity index (χ0v) is 11.9. The molecule has 0 fully saturated rings. The fraction of sp³-hybridized carbons (Fsp3) is 0.692. The fourth-order valence-electron chi connectivity index (χ4n) is 2.03. The molecule has 0 radical (unpaired) electrons. The second-order valence-electron chi connectivity index (χ2n) is 6.38. The van der Waals surface area contributed by atoms with E-state index in [2.05, 4.69) is 0 Å². The molecule has 0 saturated carbocycles. The molecule has 0 spiro atoms. The summed E-state index contributed by atoms with van der Waals surface area (Å²) in [7, 11) is -3.26. The van der Waals surface area contributed by atoms with Gasteiger partial charge in [0.05, 0.1) is 9.81 Å². The maximum Gasteiger partial charge on any atom is 0.199 e. The molecular formula is C13H22O2S. The van der Waals surface area contributed by atoms with Crippen LogP contribution < -0.4 is 0 Å². The highest BCUT2D eigenvalue weighted by molar-refractivity contribution is 7.99. The Morgan fingerprint density at radius 2 is 1.19 bits per heavy atom. The van der Waals surface area contributed by atoms with E-state index in [0.29, 0.717) is 9.81 Å². The molecule has 0 aromatic heterocycles. The maximum absolute atomic E-state index is 12.5. The van der Waals surface area contributed by atoms with Crippen LogP contribution in [-0.2, 0) is 9.84 Å². The molecule has 0 N–H and O–H groups in total. The summed E-state index contributed by atoms with van der Waals surface area (Å²) in [4.78, 5) is 1.12. The Kier molecular flexibility index (Phi) is 3.14. The highest BCUT2D eigenvalue weighted by Crippen LogP contribution is 2.42. The highest BCUT2D eigenvalue weighted by atomic mass is 32.2. The first-order valence-corrected chi connectivity index (χ1v) is 7.12. The van der Waals surface area contributed by atoms with Gasteiger partial charge in [-0.2, -0.15) is 0 Å². The Morgan fingerprint density at radius 3 is 1.44 bits per heavy atom. The van der Waals surface area contributed by atoms with E-state index in [9.17, 15) is 8.42 Å². The molecule has 0 atom stereocenters. The van der Waals surface area contributed by atoms with Gasteiger partial charge in [0.15, 0.2) is 9.84 Å². The summed E-state index contributed by atoms with van der Waals surface area (Å²) in [6.45, 7) is 11.7. The van der Waals surface area contributed by atoms with Crippen molar-refractivity contribution in [3.63, 3.8) is 0 Å². The summed E-state index contributed by atoms with van der Waals surface area (Å²) in [6, 6.07) is 0. The highest BCUT2D eigenvalue weighted by Gasteiger charge is 2.38. The molecule has 0 saturated heterocycles. The van der Waals surface area contributed by atoms with E-state index in [1.165, 1.54) is 0 Å². The second-order valence-corrected chi connectivity index (χ2v) is 8.26. The first-order chi connectivity index (χ1) is 6.97. The van der Waals surface area contributed by atoms with Gasteiger partial charge in [-0.15, -0.1) is 0 Å². The van der Waals surface area contributed by atoms with Crippen LogP contribution in [0.4, 0.5) is 0 Å². The first kappa shape index (κ1) is 13.5. The van der Waals surface area contributed by atoms with Gasteiger partial charge >= 0.3 is 0 Å². The Morgan fingerprint density at radius 1 is 0.875 bits per heavy atom. The van der Waals surface area contributed by atoms with Crippen LogP contribution in [0.15, 0.2) is 22.0 Å². The van der Waals surface area contributed by atoms with Crippen LogP contribution in [0.1, 0.15) is 48.0 Å². The molecule has 1 heterocycles. The summed E-state index contributed by atoms with van der Waals surface area (Å²) < 4.78 is 24.9. The van der Waals surface area contributed by atoms with Crippen molar-refractivity contribution in [2.45, 2.75) is 48.0 Å². The standard InChI is InChI=1S/C13H22O2S/c1-12(2,3)10-8-7-9-11(13(4,5)6)16(10,14)15/h8-9H,7H2,1-6H3. The number of sulfone groups is 1. The number of allylic oxidation sites excluding steroid dienone is 4. The van der Waals surface area contributed by atoms with Crippen LogP contribution in [0.25, 0.3) is 0 Å². The summed E-state index contributed by atoms with van der Waals surface area (Å²) in [5.41, 5.74) is -0.632. The predicted octanol–water partition coefficient (Wildman–Crippen LogP) is 3.66. The summed E-state index contributed by atoms with van der Waals surface area (Å²) in [5, 5.41) is 0. The van der Waals surface area contributed by atoms with Crippen LogP contribution in [-0.4, -0.2) is 8.42 Å². The van der Waals surface area contributed by atoms with Crippen molar-refractivity contribution in [2.75, 3.05) is 0 Å². The monoisotopic (exact) mass is 242 g/mol. The van der Waals surface area contributed by atoms with Crippen LogP contribution >= 0.6 is 0 Å². The van der Waals surface area contributed by atoms with Crippen molar-refractivity contribution in [3.8, 4) is 0 Å². The SMILES string of the molecule is CC(C)(C)C1=CCC=C(C(C)(C)C)S1(=O)=O. The lowest BCUT2D eigenvalue weighted by Gasteiger charge is -2.31. The molecule has 1 aliphatic heterocycles. The molecule has 0 amide bonds. The van der Waals surface area contributed by atoms with Gasteiger partial charge < -0.3 is 0 Å². The van der Waals surface area contributed by atoms with E-state index in [1.807, 2.05) is 53.7 Å². The topological polar surface area (TPSA) is 34.1 Å². The molecule has 0 aromatic carbocycles. The van der Waals surface area contributed by atoms with Crippen molar-refractivity contribution in [3.05, 3.63) is 22.0 Å². The van der Waals surface area contributed by atoms with Crippen molar-refractivity contribution in [1.29, 1.82) is 0 Å². The van der Waals surface area contributed by atoms with Gasteiger partial charge in [-0.05, 0) is 17.3 Å². The molecular weight excluding hydrogens is 220 g/mol. The van der Waals surface area contributed by atoms with E-state index >= 15 is 0 Å². The zero-order valence-electron chi connectivity index (χ0n) is 11.1. The van der Waals surface area contributed by atoms with Gasteiger partial charge in [-0.25, -0.2) is 8.42 Å². The molecule has 92 valence electrons. The number of rotatable bonds is 0. The minimum Gasteiger partial charge on any atom is -0.219 e. The van der Waals surface area contributed by atoms with E-state index in [-0.39, 0.29) is 10.8 Å². The largest absolute Gasteiger partial charge is 0.219 e. The number of hydrogen-bond acceptors (Lipinski definition) is 2. The molecule has 3 heteroatoms. The van der Waals surface area contributed by atoms with E-state index in [4.69, 9.17) is 0 Å². The quantitative estimate of drug-likeness (QED) is 0.649. The third kappa shape index (κ3) is 2.40. The van der Waals surface area contributed by atoms with Gasteiger partial charge in [0.1, 0.15) is 0 Å². The molecule has 0 aliphatic carbocycles. The molecule has 2 nitrogen and oxygen atoms in total. The summed E-state index contributed by atoms with van der Waals surface area (Å²) in [5.74, 6) is 0. The Hall–Kier alpha value is -0.570. The predicted molar refractivity (Wildman–Crippen MR) is 68.6 cm³/mol. The maximum atomic E-state index is 12.5. The van der Waals surface area contributed by atoms with Gasteiger partial charge in [-0.1, -0.05) is 53.7 Å². The van der Waals surface area contributed by atoms with Gasteiger partial charge in [0, 0.05) is 0 Å². The molecule has 0 bridgehead atoms. The fourth-order valence-corrected chi connectivity index (χ4v) is 4.51. The van der Waals surface area contributed by atoms with E-state index in [1.54, 1.807) is 0 Å². The second kappa shape index (κ2) is 3.73. The third-order valence-electron chi connectivity index (χ3n) is 2.66. The Labute approximate surface area is 99.4 Å². The molecule has 0 aromatic rings. The van der Waals surface area contributed by atoms with E-state index < -0.39 is 9.84 Å². The summed E-state index contributed by atoms with van der Waals surface area (Å²) >= 11 is 0. The van der Waals surface area contributed by atoms with Crippen molar-refractivity contribution < 1.29 is 8.42 Å². The van der Waals surface area contributed by atoms with Crippen molar-refractivity contribution >= 4 is 9.84 Å². The summed E-state index contributed by atoms with van der Waals surface area (Å²) in [6.07, 6.45) is 4.40. The normalized spacial score (nSPS) is 21.4. The minimum absolute atomic E-state index is 0.316. The lowest BCUT2D eigenvalue weighted by molar-refractivity contribution is 0.491. The molecule has 1 aliphatic rings. The minimum atomic E-state index is -3.26. The van der Waals surface area contributed by atoms with Gasteiger partial charge in [0.25, 0.3) is 0 Å². The lowest BCUT2D eigenvalue weighted by Crippen LogP contribution is -2.27. The van der Waals surface area contributed by atoms with E-state index in [0.717, 1.165) is 6.42 Å². The number of hydrogen-bond donors (Lipinski definition) is 0. The Balaban J connectivity index is 3.32. The smallest absolute Gasteiger partial charge is 0.199 e. The molecule has 0 unspecified atom stereocenters. The zero-order chi connectivity index (χ0) is 12.8. The van der Waals surface area contributed by atoms with Crippen LogP contribution in [0, 0.1) is 10.8 Å². The van der Waals surface area contributed by atoms with Gasteiger partial charge in [0.2, 0.25) is 0 Å². The van der Waals surface area contributed by atoms with Crippen molar-refractivity contribution in [1.82, 2.24) is 0 Å². The van der Waals surface area contributed by atoms with Crippen LogP contribution in [0.3, 0.4) is 0 Å². The van der Waals surface area contributed by atoms with Crippen LogP contribution in [0.2, 0.25) is 0 Å². The average Bonchev–Trinajstić information content (AvgIpc) is 1.97. The van der Waals surface area contributed by atoms with Crippen molar-refractivity contribution in [2.24, 2.45) is 10.8 Å². The first-order valence-electron chi connectivity index (χ1n) is 5.64. The average molecular weight is 242 g/mol.